The van der Waals surface area contributed by atoms with Gasteiger partial charge in [0.05, 0.1) is 19.8 Å². The molecule has 0 saturated carbocycles. The lowest BCUT2D eigenvalue weighted by Crippen LogP contribution is -2.46. The number of ether oxygens (including phenoxy) is 5. The number of hydrogen-bond acceptors (Lipinski definition) is 8. The first-order valence-electron chi connectivity index (χ1n) is 8.33. The zero-order valence-corrected chi connectivity index (χ0v) is 16.2. The highest BCUT2D eigenvalue weighted by atomic mass is 32.2. The molecule has 0 N–H and O–H groups in total. The fourth-order valence-electron chi connectivity index (χ4n) is 2.83. The Morgan fingerprint density at radius 1 is 1.18 bits per heavy atom. The Morgan fingerprint density at radius 3 is 2.39 bits per heavy atom. The largest absolute Gasteiger partial charge is 0.523 e. The average Bonchev–Trinajstić information content (AvgIpc) is 3.04. The summed E-state index contributed by atoms with van der Waals surface area (Å²) in [7, 11) is -5.80. The minimum atomic E-state index is -5.80. The van der Waals surface area contributed by atoms with E-state index in [1.165, 1.54) is 12.2 Å². The molecule has 0 spiro atoms. The van der Waals surface area contributed by atoms with Crippen LogP contribution in [0.15, 0.2) is 25.3 Å². The van der Waals surface area contributed by atoms with Crippen LogP contribution in [0.25, 0.3) is 0 Å². The summed E-state index contributed by atoms with van der Waals surface area (Å²) in [5.41, 5.74) is -5.56. The molecular formula is C16H23F3O8S. The molecule has 0 aromatic carbocycles. The van der Waals surface area contributed by atoms with Crippen LogP contribution in [0.5, 0.6) is 0 Å². The highest BCUT2D eigenvalue weighted by molar-refractivity contribution is 7.87. The van der Waals surface area contributed by atoms with Crippen molar-refractivity contribution in [2.75, 3.05) is 19.8 Å². The van der Waals surface area contributed by atoms with Crippen LogP contribution in [-0.4, -0.2) is 70.2 Å². The van der Waals surface area contributed by atoms with Crippen molar-refractivity contribution in [2.45, 2.75) is 55.8 Å². The molecule has 0 aromatic heterocycles. The lowest BCUT2D eigenvalue weighted by molar-refractivity contribution is -0.233. The van der Waals surface area contributed by atoms with Crippen LogP contribution in [-0.2, 0) is 38.0 Å². The molecule has 0 aromatic rings. The summed E-state index contributed by atoms with van der Waals surface area (Å²) >= 11 is 0. The van der Waals surface area contributed by atoms with Crippen LogP contribution in [0.3, 0.4) is 0 Å². The molecular weight excluding hydrogens is 409 g/mol. The van der Waals surface area contributed by atoms with E-state index in [-0.39, 0.29) is 13.2 Å². The smallest absolute Gasteiger partial charge is 0.369 e. The fourth-order valence-corrected chi connectivity index (χ4v) is 3.27. The van der Waals surface area contributed by atoms with Gasteiger partial charge in [0.25, 0.3) is 0 Å². The van der Waals surface area contributed by atoms with Gasteiger partial charge in [0.1, 0.15) is 24.4 Å². The van der Waals surface area contributed by atoms with Crippen molar-refractivity contribution >= 4 is 10.1 Å². The van der Waals surface area contributed by atoms with Crippen LogP contribution >= 0.6 is 0 Å². The first kappa shape index (κ1) is 23.3. The molecule has 2 aliphatic heterocycles. The lowest BCUT2D eigenvalue weighted by atomic mass is 10.1. The van der Waals surface area contributed by atoms with Gasteiger partial charge in [0.2, 0.25) is 0 Å². The average molecular weight is 432 g/mol. The molecule has 0 unspecified atom stereocenters. The predicted octanol–water partition coefficient (Wildman–Crippen LogP) is 1.87. The van der Waals surface area contributed by atoms with E-state index in [0.29, 0.717) is 0 Å². The Kier molecular flexibility index (Phi) is 7.29. The topological polar surface area (TPSA) is 89.5 Å². The quantitative estimate of drug-likeness (QED) is 0.294. The molecule has 12 heteroatoms. The van der Waals surface area contributed by atoms with E-state index in [4.69, 9.17) is 23.7 Å². The van der Waals surface area contributed by atoms with Gasteiger partial charge in [-0.05, 0) is 13.8 Å². The Labute approximate surface area is 161 Å². The van der Waals surface area contributed by atoms with Crippen molar-refractivity contribution in [3.63, 3.8) is 0 Å². The van der Waals surface area contributed by atoms with E-state index in [0.717, 1.165) is 0 Å². The van der Waals surface area contributed by atoms with Gasteiger partial charge in [-0.25, -0.2) is 0 Å². The maximum Gasteiger partial charge on any atom is 0.523 e. The Balaban J connectivity index is 2.18. The summed E-state index contributed by atoms with van der Waals surface area (Å²) in [5, 5.41) is 0. The molecule has 0 bridgehead atoms. The predicted molar refractivity (Wildman–Crippen MR) is 89.5 cm³/mol. The molecule has 0 amide bonds. The summed E-state index contributed by atoms with van der Waals surface area (Å²) in [6, 6.07) is 0. The Morgan fingerprint density at radius 2 is 1.82 bits per heavy atom. The minimum absolute atomic E-state index is 0.0866. The van der Waals surface area contributed by atoms with Crippen LogP contribution in [0.1, 0.15) is 13.8 Å². The van der Waals surface area contributed by atoms with E-state index in [9.17, 15) is 21.6 Å². The van der Waals surface area contributed by atoms with Gasteiger partial charge in [-0.15, -0.1) is 13.2 Å². The van der Waals surface area contributed by atoms with E-state index in [2.05, 4.69) is 17.3 Å². The molecule has 2 fully saturated rings. The summed E-state index contributed by atoms with van der Waals surface area (Å²) in [6.45, 7) is 9.38. The maximum atomic E-state index is 12.6. The summed E-state index contributed by atoms with van der Waals surface area (Å²) < 4.78 is 92.3. The zero-order chi connectivity index (χ0) is 21.2. The molecule has 8 nitrogen and oxygen atoms in total. The van der Waals surface area contributed by atoms with E-state index in [1.54, 1.807) is 13.8 Å². The van der Waals surface area contributed by atoms with Crippen molar-refractivity contribution in [1.82, 2.24) is 0 Å². The molecule has 0 radical (unpaired) electrons. The SMILES string of the molecule is C=CCO[C@@H]1[C@H]2OC(C)(C)O[C@H]2O[C@@H]1[C@@H](COS(=O)(=O)C(F)(F)F)OCC=C. The molecule has 2 aliphatic rings. The van der Waals surface area contributed by atoms with Crippen LogP contribution in [0, 0.1) is 0 Å². The van der Waals surface area contributed by atoms with Gasteiger partial charge in [-0.1, -0.05) is 12.2 Å². The van der Waals surface area contributed by atoms with E-state index < -0.39 is 58.7 Å². The number of alkyl halides is 3. The van der Waals surface area contributed by atoms with Gasteiger partial charge in [-0.2, -0.15) is 21.6 Å². The van der Waals surface area contributed by atoms with E-state index in [1.807, 2.05) is 0 Å². The second-order valence-electron chi connectivity index (χ2n) is 6.50. The summed E-state index contributed by atoms with van der Waals surface area (Å²) in [6.07, 6.45) is -1.83. The Bertz CT molecular complexity index is 663. The van der Waals surface area contributed by atoms with Gasteiger partial charge in [0.15, 0.2) is 12.1 Å². The van der Waals surface area contributed by atoms with Gasteiger partial charge >= 0.3 is 15.6 Å². The van der Waals surface area contributed by atoms with Crippen molar-refractivity contribution in [3.05, 3.63) is 25.3 Å². The zero-order valence-electron chi connectivity index (χ0n) is 15.4. The number of rotatable bonds is 10. The molecule has 28 heavy (non-hydrogen) atoms. The summed E-state index contributed by atoms with van der Waals surface area (Å²) in [4.78, 5) is 0. The van der Waals surface area contributed by atoms with Crippen molar-refractivity contribution in [1.29, 1.82) is 0 Å². The standard InChI is InChI=1S/C16H23F3O8S/c1-5-7-22-10(9-24-28(20,21)16(17,18)19)11-12(23-8-6-2)13-14(25-11)27-15(3,4)26-13/h5-6,10-14H,1-2,7-9H2,3-4H3/t10-,11-,12+,13-,14-/m1/s1. The normalized spacial score (nSPS) is 30.8. The van der Waals surface area contributed by atoms with Gasteiger partial charge in [0, 0.05) is 0 Å². The van der Waals surface area contributed by atoms with Crippen molar-refractivity contribution in [3.8, 4) is 0 Å². The third-order valence-corrected chi connectivity index (χ3v) is 4.91. The van der Waals surface area contributed by atoms with Crippen LogP contribution < -0.4 is 0 Å². The molecule has 2 saturated heterocycles. The third-order valence-electron chi connectivity index (χ3n) is 3.90. The molecule has 2 heterocycles. The number of fused-ring (bicyclic) bond motifs is 1. The fraction of sp³-hybridized carbons (Fsp3) is 0.750. The molecule has 5 atom stereocenters. The highest BCUT2D eigenvalue weighted by Crippen LogP contribution is 2.40. The van der Waals surface area contributed by atoms with Crippen molar-refractivity contribution in [2.24, 2.45) is 0 Å². The minimum Gasteiger partial charge on any atom is -0.369 e. The maximum absolute atomic E-state index is 12.6. The summed E-state index contributed by atoms with van der Waals surface area (Å²) in [5.74, 6) is -0.955. The molecule has 2 rings (SSSR count). The second kappa shape index (κ2) is 8.78. The third kappa shape index (κ3) is 5.32. The molecule has 162 valence electrons. The first-order valence-corrected chi connectivity index (χ1v) is 9.74. The molecule has 0 aliphatic carbocycles. The lowest BCUT2D eigenvalue weighted by Gasteiger charge is -2.30. The van der Waals surface area contributed by atoms with E-state index >= 15 is 0 Å². The monoisotopic (exact) mass is 432 g/mol. The van der Waals surface area contributed by atoms with Crippen LogP contribution in [0.4, 0.5) is 13.2 Å². The van der Waals surface area contributed by atoms with Crippen molar-refractivity contribution < 1.29 is 49.5 Å². The first-order chi connectivity index (χ1) is 12.9. The Hall–Kier alpha value is -1.02. The van der Waals surface area contributed by atoms with Gasteiger partial charge in [-0.3, -0.25) is 4.18 Å². The van der Waals surface area contributed by atoms with Crippen LogP contribution in [0.2, 0.25) is 0 Å². The highest BCUT2D eigenvalue weighted by Gasteiger charge is 2.58. The second-order valence-corrected chi connectivity index (χ2v) is 8.11. The number of halogens is 3. The number of hydrogen-bond donors (Lipinski definition) is 0. The van der Waals surface area contributed by atoms with Gasteiger partial charge < -0.3 is 23.7 Å².